The smallest absolute Gasteiger partial charge is 0.309 e. The number of hydrogen-bond acceptors (Lipinski definition) is 5. The van der Waals surface area contributed by atoms with Crippen LogP contribution in [0.15, 0.2) is 54.7 Å². The maximum Gasteiger partial charge on any atom is 0.309 e. The number of hydrogen-bond donors (Lipinski definition) is 1. The van der Waals surface area contributed by atoms with Crippen molar-refractivity contribution in [2.45, 2.75) is 46.1 Å². The Morgan fingerprint density at radius 3 is 2.57 bits per heavy atom. The monoisotopic (exact) mass is 593 g/mol. The molecule has 3 aromatic rings. The van der Waals surface area contributed by atoms with E-state index >= 15 is 4.39 Å². The van der Waals surface area contributed by atoms with Crippen molar-refractivity contribution >= 4 is 35.1 Å². The van der Waals surface area contributed by atoms with Crippen molar-refractivity contribution in [3.8, 4) is 16.9 Å². The average Bonchev–Trinajstić information content (AvgIpc) is 2.96. The lowest BCUT2D eigenvalue weighted by Gasteiger charge is -2.45. The molecule has 0 aliphatic carbocycles. The Bertz CT molecular complexity index is 1540. The Morgan fingerprint density at radius 1 is 1.17 bits per heavy atom. The third kappa shape index (κ3) is 5.83. The second kappa shape index (κ2) is 11.7. The van der Waals surface area contributed by atoms with Crippen LogP contribution >= 0.6 is 11.6 Å². The normalized spacial score (nSPS) is 17.5. The number of pyridine rings is 1. The molecule has 5 rings (SSSR count). The first-order valence-corrected chi connectivity index (χ1v) is 14.4. The van der Waals surface area contributed by atoms with Crippen LogP contribution in [-0.4, -0.2) is 58.5 Å². The minimum absolute atomic E-state index is 0.00662. The minimum atomic E-state index is -0.969. The first kappa shape index (κ1) is 29.5. The fraction of sp³-hybridized carbons (Fsp3) is 0.375. The first-order valence-electron chi connectivity index (χ1n) is 14.0. The molecular weight excluding hydrogens is 561 g/mol. The molecule has 1 saturated heterocycles. The van der Waals surface area contributed by atoms with E-state index in [0.717, 1.165) is 11.4 Å². The van der Waals surface area contributed by atoms with Crippen LogP contribution in [0.3, 0.4) is 0 Å². The number of ether oxygens (including phenoxy) is 1. The summed E-state index contributed by atoms with van der Waals surface area (Å²) in [4.78, 5) is 45.9. The summed E-state index contributed by atoms with van der Waals surface area (Å²) in [6.45, 7) is 6.08. The molecule has 2 amide bonds. The van der Waals surface area contributed by atoms with E-state index in [1.807, 2.05) is 13.8 Å². The van der Waals surface area contributed by atoms with E-state index < -0.39 is 29.0 Å². The molecule has 1 atom stereocenters. The number of halogens is 2. The van der Waals surface area contributed by atoms with Crippen molar-refractivity contribution < 1.29 is 28.6 Å². The van der Waals surface area contributed by atoms with Gasteiger partial charge in [0.25, 0.3) is 5.91 Å². The van der Waals surface area contributed by atoms with E-state index in [0.29, 0.717) is 54.3 Å². The number of likely N-dealkylation sites (tertiary alicyclic amines) is 1. The molecule has 3 heterocycles. The molecule has 1 fully saturated rings. The Hall–Kier alpha value is -3.98. The van der Waals surface area contributed by atoms with Gasteiger partial charge in [-0.25, -0.2) is 4.39 Å². The summed E-state index contributed by atoms with van der Waals surface area (Å²) >= 11 is 6.23. The lowest BCUT2D eigenvalue weighted by atomic mass is 9.81. The summed E-state index contributed by atoms with van der Waals surface area (Å²) in [7, 11) is 0. The Labute approximate surface area is 249 Å². The van der Waals surface area contributed by atoms with E-state index in [1.165, 1.54) is 12.1 Å². The molecule has 1 aromatic heterocycles. The Kier molecular flexibility index (Phi) is 8.23. The second-order valence-corrected chi connectivity index (χ2v) is 12.1. The number of anilines is 1. The predicted molar refractivity (Wildman–Crippen MR) is 157 cm³/mol. The van der Waals surface area contributed by atoms with E-state index in [4.69, 9.17) is 21.4 Å². The predicted octanol–water partition coefficient (Wildman–Crippen LogP) is 5.86. The van der Waals surface area contributed by atoms with Crippen LogP contribution in [0.2, 0.25) is 5.02 Å². The highest BCUT2D eigenvalue weighted by Crippen LogP contribution is 2.40. The van der Waals surface area contributed by atoms with Gasteiger partial charge in [-0.05, 0) is 49.6 Å². The molecular formula is C32H33ClFN3O5. The average molecular weight is 594 g/mol. The fourth-order valence-electron chi connectivity index (χ4n) is 5.56. The second-order valence-electron chi connectivity index (χ2n) is 11.6. The zero-order valence-electron chi connectivity index (χ0n) is 23.8. The number of carbonyl (C=O) groups is 3. The highest BCUT2D eigenvalue weighted by molar-refractivity contribution is 6.30. The van der Waals surface area contributed by atoms with Crippen molar-refractivity contribution in [2.75, 3.05) is 24.6 Å². The van der Waals surface area contributed by atoms with Gasteiger partial charge in [-0.2, -0.15) is 0 Å². The number of carboxylic acids is 1. The first-order chi connectivity index (χ1) is 20.0. The molecule has 0 spiro atoms. The van der Waals surface area contributed by atoms with Crippen molar-refractivity contribution in [3.63, 3.8) is 0 Å². The molecule has 0 bridgehead atoms. The number of piperidine rings is 1. The SMILES string of the molecule is C[C@@H](COc1ccccc1-c1ccc(C(=O)N2CCC(N3C(=O)C(C)(C)Cc4ncc(Cl)cc43)CC2)c(F)c1)C(=O)O. The topological polar surface area (TPSA) is 100 Å². The summed E-state index contributed by atoms with van der Waals surface area (Å²) in [6, 6.07) is 13.1. The third-order valence-electron chi connectivity index (χ3n) is 8.01. The molecule has 2 aromatic carbocycles. The number of amides is 2. The lowest BCUT2D eigenvalue weighted by molar-refractivity contribution is -0.142. The van der Waals surface area contributed by atoms with Crippen LogP contribution in [0.25, 0.3) is 11.1 Å². The summed E-state index contributed by atoms with van der Waals surface area (Å²) in [5, 5.41) is 9.60. The summed E-state index contributed by atoms with van der Waals surface area (Å²) in [5.74, 6) is -2.30. The van der Waals surface area contributed by atoms with E-state index in [1.54, 1.807) is 59.3 Å². The fourth-order valence-corrected chi connectivity index (χ4v) is 5.72. The number of carbonyl (C=O) groups excluding carboxylic acids is 2. The van der Waals surface area contributed by atoms with Crippen molar-refractivity contribution in [2.24, 2.45) is 11.3 Å². The summed E-state index contributed by atoms with van der Waals surface area (Å²) < 4.78 is 21.1. The number of nitrogens with zero attached hydrogens (tertiary/aromatic N) is 3. The number of aliphatic carboxylic acids is 1. The number of fused-ring (bicyclic) bond motifs is 1. The van der Waals surface area contributed by atoms with Gasteiger partial charge in [0.15, 0.2) is 0 Å². The van der Waals surface area contributed by atoms with Crippen LogP contribution < -0.4 is 9.64 Å². The van der Waals surface area contributed by atoms with Crippen LogP contribution in [0.4, 0.5) is 10.1 Å². The number of aromatic nitrogens is 1. The summed E-state index contributed by atoms with van der Waals surface area (Å²) in [5.41, 5.74) is 2.01. The van der Waals surface area contributed by atoms with Crippen molar-refractivity contribution in [1.82, 2.24) is 9.88 Å². The molecule has 0 saturated carbocycles. The molecule has 0 unspecified atom stereocenters. The van der Waals surface area contributed by atoms with Gasteiger partial charge in [-0.3, -0.25) is 19.4 Å². The van der Waals surface area contributed by atoms with Crippen molar-refractivity contribution in [1.29, 1.82) is 0 Å². The van der Waals surface area contributed by atoms with Gasteiger partial charge in [-0.1, -0.05) is 49.7 Å². The van der Waals surface area contributed by atoms with Crippen molar-refractivity contribution in [3.05, 3.63) is 76.8 Å². The molecule has 2 aliphatic heterocycles. The third-order valence-corrected chi connectivity index (χ3v) is 8.21. The van der Waals surface area contributed by atoms with Crippen LogP contribution in [0.5, 0.6) is 5.75 Å². The lowest BCUT2D eigenvalue weighted by Crippen LogP contribution is -2.55. The van der Waals surface area contributed by atoms with Gasteiger partial charge in [0.2, 0.25) is 5.91 Å². The molecule has 220 valence electrons. The van der Waals surface area contributed by atoms with Gasteiger partial charge in [0, 0.05) is 42.7 Å². The van der Waals surface area contributed by atoms with Gasteiger partial charge >= 0.3 is 5.97 Å². The van der Waals surface area contributed by atoms with E-state index in [-0.39, 0.29) is 24.1 Å². The zero-order chi connectivity index (χ0) is 30.2. The maximum atomic E-state index is 15.4. The van der Waals surface area contributed by atoms with Crippen LogP contribution in [0.1, 0.15) is 49.7 Å². The van der Waals surface area contributed by atoms with E-state index in [9.17, 15) is 14.4 Å². The standard InChI is InChI=1S/C32H33ClFN3O5/c1-19(30(39)40)18-42-28-7-5-4-6-23(28)20-8-9-24(25(34)14-20)29(38)36-12-10-22(11-13-36)37-27-15-21(33)17-35-26(27)16-32(2,3)31(37)41/h4-9,14-15,17,19,22H,10-13,16,18H2,1-3H3,(H,39,40)/t19-/m0/s1. The Balaban J connectivity index is 1.29. The molecule has 8 nitrogen and oxygen atoms in total. The van der Waals surface area contributed by atoms with Gasteiger partial charge in [-0.15, -0.1) is 0 Å². The van der Waals surface area contributed by atoms with Crippen LogP contribution in [0, 0.1) is 17.2 Å². The number of benzene rings is 2. The summed E-state index contributed by atoms with van der Waals surface area (Å²) in [6.07, 6.45) is 3.20. The van der Waals surface area contributed by atoms with E-state index in [2.05, 4.69) is 4.98 Å². The number of para-hydroxylation sites is 1. The molecule has 1 N–H and O–H groups in total. The number of rotatable bonds is 7. The highest BCUT2D eigenvalue weighted by atomic mass is 35.5. The van der Waals surface area contributed by atoms with Gasteiger partial charge < -0.3 is 19.6 Å². The number of carboxylic acid groups (broad SMARTS) is 1. The van der Waals surface area contributed by atoms with Gasteiger partial charge in [0.1, 0.15) is 18.2 Å². The van der Waals surface area contributed by atoms with Gasteiger partial charge in [0.05, 0.1) is 27.9 Å². The highest BCUT2D eigenvalue weighted by Gasteiger charge is 2.43. The molecule has 42 heavy (non-hydrogen) atoms. The Morgan fingerprint density at radius 2 is 1.88 bits per heavy atom. The molecule has 0 radical (unpaired) electrons. The van der Waals surface area contributed by atoms with Crippen LogP contribution in [-0.2, 0) is 16.0 Å². The minimum Gasteiger partial charge on any atom is -0.492 e. The maximum absolute atomic E-state index is 15.4. The largest absolute Gasteiger partial charge is 0.492 e. The molecule has 2 aliphatic rings. The zero-order valence-corrected chi connectivity index (χ0v) is 24.5. The molecule has 10 heteroatoms. The quantitative estimate of drug-likeness (QED) is 0.368.